The number of nitrogens with zero attached hydrogens (tertiary/aromatic N) is 1. The maximum atomic E-state index is 6.04. The van der Waals surface area contributed by atoms with Gasteiger partial charge in [-0.25, -0.2) is 0 Å². The van der Waals surface area contributed by atoms with Gasteiger partial charge in [0.25, 0.3) is 0 Å². The fourth-order valence-corrected chi connectivity index (χ4v) is 2.95. The summed E-state index contributed by atoms with van der Waals surface area (Å²) in [7, 11) is 1.78. The van der Waals surface area contributed by atoms with E-state index in [9.17, 15) is 0 Å². The third-order valence-corrected chi connectivity index (χ3v) is 4.80. The van der Waals surface area contributed by atoms with Crippen LogP contribution < -0.4 is 3.79 Å². The zero-order valence-corrected chi connectivity index (χ0v) is 10.9. The Morgan fingerprint density at radius 2 is 1.93 bits per heavy atom. The van der Waals surface area contributed by atoms with E-state index in [1.807, 2.05) is 30.5 Å². The molecule has 1 rings (SSSR count). The molecule has 0 amide bonds. The highest BCUT2D eigenvalue weighted by atomic mass is 27.2. The van der Waals surface area contributed by atoms with Crippen molar-refractivity contribution in [3.8, 4) is 5.75 Å². The Bertz CT molecular complexity index is 321. The van der Waals surface area contributed by atoms with Crippen molar-refractivity contribution in [2.75, 3.05) is 7.05 Å². The van der Waals surface area contributed by atoms with Crippen LogP contribution in [0.15, 0.2) is 29.3 Å². The summed E-state index contributed by atoms with van der Waals surface area (Å²) >= 11 is -1.03. The molecule has 0 N–H and O–H groups in total. The van der Waals surface area contributed by atoms with Gasteiger partial charge in [0, 0.05) is 18.8 Å². The molecule has 1 aromatic rings. The molecule has 2 nitrogen and oxygen atoms in total. The highest BCUT2D eigenvalue weighted by molar-refractivity contribution is 6.52. The molecular formula is C12H18AlNO. The maximum Gasteiger partial charge on any atom is 0.546 e. The fraction of sp³-hybridized carbons (Fsp3) is 0.417. The SMILES string of the molecule is C[CH2][Al]([CH2]C)[O]c1ccccc1C=NC. The van der Waals surface area contributed by atoms with Crippen LogP contribution in [0.3, 0.4) is 0 Å². The van der Waals surface area contributed by atoms with E-state index in [0.717, 1.165) is 11.3 Å². The molecule has 0 bridgehead atoms. The van der Waals surface area contributed by atoms with Gasteiger partial charge >= 0.3 is 14.5 Å². The lowest BCUT2D eigenvalue weighted by molar-refractivity contribution is 0.565. The van der Waals surface area contributed by atoms with Gasteiger partial charge in [0.05, 0.1) is 5.75 Å². The predicted octanol–water partition coefficient (Wildman–Crippen LogP) is 3.15. The highest BCUT2D eigenvalue weighted by Crippen LogP contribution is 2.18. The Labute approximate surface area is 96.7 Å². The lowest BCUT2D eigenvalue weighted by Gasteiger charge is -2.14. The second-order valence-corrected chi connectivity index (χ2v) is 6.59. The average molecular weight is 219 g/mol. The second-order valence-electron chi connectivity index (χ2n) is 3.48. The Balaban J connectivity index is 2.83. The summed E-state index contributed by atoms with van der Waals surface area (Å²) in [6.07, 6.45) is 1.85. The molecule has 0 saturated heterocycles. The minimum Gasteiger partial charge on any atom is -0.642 e. The van der Waals surface area contributed by atoms with Gasteiger partial charge in [-0.05, 0) is 12.1 Å². The van der Waals surface area contributed by atoms with Crippen LogP contribution in [0.25, 0.3) is 0 Å². The molecular weight excluding hydrogens is 201 g/mol. The van der Waals surface area contributed by atoms with Gasteiger partial charge in [-0.15, -0.1) is 0 Å². The minimum absolute atomic E-state index is 0.989. The van der Waals surface area contributed by atoms with E-state index in [-0.39, 0.29) is 0 Å². The number of para-hydroxylation sites is 1. The van der Waals surface area contributed by atoms with Crippen LogP contribution in [0.5, 0.6) is 5.75 Å². The zero-order valence-electron chi connectivity index (χ0n) is 9.73. The molecule has 0 fully saturated rings. The molecule has 0 saturated carbocycles. The molecule has 0 heterocycles. The first-order valence-electron chi connectivity index (χ1n) is 5.49. The van der Waals surface area contributed by atoms with E-state index in [4.69, 9.17) is 3.79 Å². The fourth-order valence-electron chi connectivity index (χ4n) is 1.47. The average Bonchev–Trinajstić information content (AvgIpc) is 2.28. The van der Waals surface area contributed by atoms with Crippen molar-refractivity contribution in [3.05, 3.63) is 29.8 Å². The van der Waals surface area contributed by atoms with Gasteiger partial charge in [0.2, 0.25) is 0 Å². The maximum absolute atomic E-state index is 6.04. The Hall–Kier alpha value is -0.778. The third-order valence-electron chi connectivity index (χ3n) is 2.39. The Morgan fingerprint density at radius 3 is 2.53 bits per heavy atom. The standard InChI is InChI=1S/C8H9NO.2C2H5.Al/c1-9-6-7-4-2-3-5-8(7)10;2*1-2;/h2-6,10H,1H3;2*1H2,2H3;/q;;;+1/p-1. The van der Waals surface area contributed by atoms with Gasteiger partial charge in [0.15, 0.2) is 0 Å². The van der Waals surface area contributed by atoms with Crippen molar-refractivity contribution >= 4 is 20.7 Å². The molecule has 80 valence electrons. The molecule has 3 heteroatoms. The second kappa shape index (κ2) is 6.66. The number of hydrogen-bond acceptors (Lipinski definition) is 2. The number of benzene rings is 1. The van der Waals surface area contributed by atoms with E-state index in [1.54, 1.807) is 7.05 Å². The summed E-state index contributed by atoms with van der Waals surface area (Å²) in [5, 5.41) is 2.35. The predicted molar refractivity (Wildman–Crippen MR) is 67.3 cm³/mol. The molecule has 0 aliphatic carbocycles. The highest BCUT2D eigenvalue weighted by Gasteiger charge is 2.18. The number of hydrogen-bond donors (Lipinski definition) is 0. The van der Waals surface area contributed by atoms with E-state index in [0.29, 0.717) is 0 Å². The molecule has 1 aromatic carbocycles. The van der Waals surface area contributed by atoms with E-state index in [2.05, 4.69) is 18.8 Å². The van der Waals surface area contributed by atoms with E-state index >= 15 is 0 Å². The summed E-state index contributed by atoms with van der Waals surface area (Å²) in [5.74, 6) is 0.989. The largest absolute Gasteiger partial charge is 0.642 e. The van der Waals surface area contributed by atoms with Crippen molar-refractivity contribution < 1.29 is 3.79 Å². The van der Waals surface area contributed by atoms with Crippen LogP contribution in [0.1, 0.15) is 19.4 Å². The lowest BCUT2D eigenvalue weighted by atomic mass is 10.2. The van der Waals surface area contributed by atoms with Crippen molar-refractivity contribution in [2.45, 2.75) is 24.4 Å². The van der Waals surface area contributed by atoms with Crippen LogP contribution in [0, 0.1) is 0 Å². The van der Waals surface area contributed by atoms with Crippen molar-refractivity contribution in [2.24, 2.45) is 4.99 Å². The van der Waals surface area contributed by atoms with Crippen molar-refractivity contribution in [1.82, 2.24) is 0 Å². The smallest absolute Gasteiger partial charge is 0.546 e. The Kier molecular flexibility index (Phi) is 5.46. The first kappa shape index (κ1) is 12.3. The van der Waals surface area contributed by atoms with E-state index in [1.165, 1.54) is 10.6 Å². The van der Waals surface area contributed by atoms with Crippen molar-refractivity contribution in [1.29, 1.82) is 0 Å². The van der Waals surface area contributed by atoms with Crippen LogP contribution in [-0.2, 0) is 0 Å². The van der Waals surface area contributed by atoms with Gasteiger partial charge < -0.3 is 3.79 Å². The van der Waals surface area contributed by atoms with Crippen LogP contribution in [0.4, 0.5) is 0 Å². The van der Waals surface area contributed by atoms with Crippen molar-refractivity contribution in [3.63, 3.8) is 0 Å². The van der Waals surface area contributed by atoms with Crippen LogP contribution in [0.2, 0.25) is 10.6 Å². The number of rotatable bonds is 5. The molecule has 15 heavy (non-hydrogen) atoms. The van der Waals surface area contributed by atoms with Gasteiger partial charge in [-0.3, -0.25) is 4.99 Å². The first-order chi connectivity index (χ1) is 7.31. The third kappa shape index (κ3) is 3.70. The van der Waals surface area contributed by atoms with Gasteiger partial charge in [-0.2, -0.15) is 0 Å². The monoisotopic (exact) mass is 219 g/mol. The molecule has 0 spiro atoms. The molecule has 0 atom stereocenters. The number of aliphatic imine (C=N–C) groups is 1. The Morgan fingerprint density at radius 1 is 1.27 bits per heavy atom. The van der Waals surface area contributed by atoms with Gasteiger partial charge in [0.1, 0.15) is 0 Å². The first-order valence-corrected chi connectivity index (χ1v) is 7.60. The quantitative estimate of drug-likeness (QED) is 0.550. The van der Waals surface area contributed by atoms with Crippen LogP contribution >= 0.6 is 0 Å². The zero-order chi connectivity index (χ0) is 11.1. The lowest BCUT2D eigenvalue weighted by Crippen LogP contribution is -2.19. The summed E-state index contributed by atoms with van der Waals surface area (Å²) in [4.78, 5) is 4.04. The molecule has 0 unspecified atom stereocenters. The van der Waals surface area contributed by atoms with Crippen LogP contribution in [-0.4, -0.2) is 27.7 Å². The van der Waals surface area contributed by atoms with Gasteiger partial charge in [-0.1, -0.05) is 36.5 Å². The summed E-state index contributed by atoms with van der Waals surface area (Å²) in [6.45, 7) is 4.41. The topological polar surface area (TPSA) is 21.6 Å². The molecule has 0 aromatic heterocycles. The molecule has 0 aliphatic rings. The normalized spacial score (nSPS) is 10.6. The summed E-state index contributed by atoms with van der Waals surface area (Å²) < 4.78 is 6.04. The summed E-state index contributed by atoms with van der Waals surface area (Å²) in [6, 6.07) is 8.10. The molecule has 0 radical (unpaired) electrons. The summed E-state index contributed by atoms with van der Waals surface area (Å²) in [5.41, 5.74) is 1.08. The minimum atomic E-state index is -1.03. The van der Waals surface area contributed by atoms with E-state index < -0.39 is 14.5 Å². The molecule has 0 aliphatic heterocycles.